The Morgan fingerprint density at radius 3 is 1.00 bits per heavy atom. The number of hydrogen-bond acceptors (Lipinski definition) is 0. The van der Waals surface area contributed by atoms with Crippen molar-refractivity contribution in [1.29, 1.82) is 0 Å². The smallest absolute Gasteiger partial charge is 0.0234 e. The van der Waals surface area contributed by atoms with Crippen LogP contribution in [0.5, 0.6) is 0 Å². The van der Waals surface area contributed by atoms with E-state index in [9.17, 15) is 0 Å². The molecule has 0 heterocycles. The monoisotopic (exact) mass is 577 g/mol. The largest absolute Gasteiger partial charge is 0.0880 e. The van der Waals surface area contributed by atoms with Crippen molar-refractivity contribution in [3.63, 3.8) is 0 Å². The standard InChI is InChI=1S/C11H20.C11H18.C10H16.C10H18/c2*1-4-10-6-2-7-11(5-1)9-3-8-10;1-7-2-9-4-8(1)5-10(3-7)6-9;1-2-6-10-8-4-3-7-9(10)5-1/h10-11H,1-9H2;1,4,10-11H,2-3,5-9H2;7-10H,1-6H2;9-10H,1-8H2. The van der Waals surface area contributed by atoms with Gasteiger partial charge in [0.25, 0.3) is 0 Å². The maximum Gasteiger partial charge on any atom is -0.0234 e. The van der Waals surface area contributed by atoms with Gasteiger partial charge >= 0.3 is 0 Å². The molecule has 8 bridgehead atoms. The van der Waals surface area contributed by atoms with E-state index < -0.39 is 0 Å². The Balaban J connectivity index is 0.000000100. The summed E-state index contributed by atoms with van der Waals surface area (Å²) in [5.74, 6) is 11.2. The molecule has 10 saturated carbocycles. The van der Waals surface area contributed by atoms with Crippen molar-refractivity contribution in [1.82, 2.24) is 0 Å². The van der Waals surface area contributed by atoms with Crippen LogP contribution < -0.4 is 0 Å². The maximum atomic E-state index is 2.48. The van der Waals surface area contributed by atoms with Crippen LogP contribution in [0, 0.1) is 59.2 Å². The van der Waals surface area contributed by atoms with Gasteiger partial charge in [-0.1, -0.05) is 147 Å². The molecule has 0 aliphatic heterocycles. The Labute approximate surface area is 263 Å². The summed E-state index contributed by atoms with van der Waals surface area (Å²) in [4.78, 5) is 0. The first kappa shape index (κ1) is 31.7. The summed E-state index contributed by atoms with van der Waals surface area (Å²) in [5, 5.41) is 0. The van der Waals surface area contributed by atoms with Gasteiger partial charge in [0.05, 0.1) is 0 Å². The summed E-state index contributed by atoms with van der Waals surface area (Å²) < 4.78 is 0. The fourth-order valence-electron chi connectivity index (χ4n) is 12.3. The fraction of sp³-hybridized carbons (Fsp3) is 0.952. The summed E-state index contributed by atoms with van der Waals surface area (Å²) in [6.07, 6.45) is 51.1. The second-order valence-corrected chi connectivity index (χ2v) is 17.6. The van der Waals surface area contributed by atoms with E-state index in [2.05, 4.69) is 12.2 Å². The summed E-state index contributed by atoms with van der Waals surface area (Å²) in [7, 11) is 0. The molecular formula is C42H72. The molecule has 0 nitrogen and oxygen atoms in total. The van der Waals surface area contributed by atoms with Gasteiger partial charge in [0.2, 0.25) is 0 Å². The predicted octanol–water partition coefficient (Wildman–Crippen LogP) is 13.5. The van der Waals surface area contributed by atoms with Crippen molar-refractivity contribution in [3.05, 3.63) is 12.2 Å². The second-order valence-electron chi connectivity index (χ2n) is 17.6. The van der Waals surface area contributed by atoms with Crippen molar-refractivity contribution in [2.45, 2.75) is 193 Å². The highest BCUT2D eigenvalue weighted by molar-refractivity contribution is 4.94. The summed E-state index contributed by atoms with van der Waals surface area (Å²) in [5.41, 5.74) is 0. The lowest BCUT2D eigenvalue weighted by Crippen LogP contribution is -2.38. The molecule has 0 atom stereocenters. The molecule has 0 aromatic rings. The minimum Gasteiger partial charge on any atom is -0.0880 e. The lowest BCUT2D eigenvalue weighted by molar-refractivity contribution is 0.0198. The Kier molecular flexibility index (Phi) is 12.7. The number of rotatable bonds is 0. The predicted molar refractivity (Wildman–Crippen MR) is 183 cm³/mol. The van der Waals surface area contributed by atoms with E-state index >= 15 is 0 Å². The van der Waals surface area contributed by atoms with E-state index in [0.717, 1.165) is 35.5 Å². The van der Waals surface area contributed by atoms with Gasteiger partial charge in [0.1, 0.15) is 0 Å². The molecule has 0 unspecified atom stereocenters. The molecule has 42 heavy (non-hydrogen) atoms. The minimum atomic E-state index is 0.941. The Morgan fingerprint density at radius 2 is 0.619 bits per heavy atom. The third-order valence-electron chi connectivity index (χ3n) is 14.4. The quantitative estimate of drug-likeness (QED) is 0.252. The van der Waals surface area contributed by atoms with E-state index in [1.807, 2.05) is 0 Å². The van der Waals surface area contributed by atoms with Gasteiger partial charge in [-0.15, -0.1) is 0 Å². The topological polar surface area (TPSA) is 0 Å². The highest BCUT2D eigenvalue weighted by Crippen LogP contribution is 2.53. The minimum absolute atomic E-state index is 0.941. The van der Waals surface area contributed by atoms with Crippen LogP contribution >= 0.6 is 0 Å². The van der Waals surface area contributed by atoms with Crippen molar-refractivity contribution in [2.75, 3.05) is 0 Å². The van der Waals surface area contributed by atoms with Crippen molar-refractivity contribution in [3.8, 4) is 0 Å². The van der Waals surface area contributed by atoms with Crippen LogP contribution in [0.3, 0.4) is 0 Å². The molecule has 12 aliphatic carbocycles. The molecule has 12 rings (SSSR count). The van der Waals surface area contributed by atoms with Gasteiger partial charge < -0.3 is 0 Å². The second kappa shape index (κ2) is 16.9. The molecule has 12 aliphatic rings. The Morgan fingerprint density at radius 1 is 0.286 bits per heavy atom. The third-order valence-corrected chi connectivity index (χ3v) is 14.4. The zero-order valence-corrected chi connectivity index (χ0v) is 28.1. The molecular weight excluding hydrogens is 504 g/mol. The molecule has 0 amide bonds. The number of allylic oxidation sites excluding steroid dienone is 2. The van der Waals surface area contributed by atoms with E-state index in [4.69, 9.17) is 0 Å². The highest BCUT2D eigenvalue weighted by Gasteiger charge is 2.41. The normalized spacial score (nSPS) is 43.6. The lowest BCUT2D eigenvalue weighted by Gasteiger charge is -2.49. The first-order valence-corrected chi connectivity index (χ1v) is 20.4. The first-order chi connectivity index (χ1) is 20.8. The molecule has 0 aromatic heterocycles. The Hall–Kier alpha value is -0.260. The van der Waals surface area contributed by atoms with Crippen LogP contribution in [0.1, 0.15) is 193 Å². The van der Waals surface area contributed by atoms with Crippen molar-refractivity contribution < 1.29 is 0 Å². The summed E-state index contributed by atoms with van der Waals surface area (Å²) in [6.45, 7) is 0. The number of fused-ring (bicyclic) bond motifs is 12. The van der Waals surface area contributed by atoms with Gasteiger partial charge in [-0.25, -0.2) is 0 Å². The first-order valence-electron chi connectivity index (χ1n) is 20.4. The molecule has 10 fully saturated rings. The average molecular weight is 577 g/mol. The van der Waals surface area contributed by atoms with Crippen LogP contribution in [0.2, 0.25) is 0 Å². The van der Waals surface area contributed by atoms with Gasteiger partial charge in [0.15, 0.2) is 0 Å². The van der Waals surface area contributed by atoms with Crippen LogP contribution in [0.15, 0.2) is 12.2 Å². The van der Waals surface area contributed by atoms with E-state index in [-0.39, 0.29) is 0 Å². The van der Waals surface area contributed by atoms with Crippen LogP contribution in [-0.2, 0) is 0 Å². The van der Waals surface area contributed by atoms with Crippen LogP contribution in [0.25, 0.3) is 0 Å². The third kappa shape index (κ3) is 9.87. The molecule has 0 N–H and O–H groups in total. The molecule has 0 aromatic carbocycles. The van der Waals surface area contributed by atoms with Gasteiger partial charge in [-0.05, 0) is 117 Å². The fourth-order valence-corrected chi connectivity index (χ4v) is 12.3. The molecule has 0 saturated heterocycles. The average Bonchev–Trinajstić information content (AvgIpc) is 2.91. The van der Waals surface area contributed by atoms with Crippen LogP contribution in [0.4, 0.5) is 0 Å². The SMILES string of the molecule is C1=CC2CCCC(C1)CCC2.C1C2CC3CC1CC(C2)C3.C1CC2CCCC(C1)CCC2.C1CCC2CCCCC2C1. The molecule has 0 heteroatoms. The maximum absolute atomic E-state index is 2.48. The lowest BCUT2D eigenvalue weighted by atomic mass is 9.56. The summed E-state index contributed by atoms with van der Waals surface area (Å²) in [6, 6.07) is 0. The highest BCUT2D eigenvalue weighted by atomic mass is 14.5. The van der Waals surface area contributed by atoms with E-state index in [1.54, 1.807) is 103 Å². The van der Waals surface area contributed by atoms with E-state index in [1.165, 1.54) is 114 Å². The zero-order valence-electron chi connectivity index (χ0n) is 28.1. The van der Waals surface area contributed by atoms with Gasteiger partial charge in [-0.3, -0.25) is 0 Å². The van der Waals surface area contributed by atoms with Crippen LogP contribution in [-0.4, -0.2) is 0 Å². The summed E-state index contributed by atoms with van der Waals surface area (Å²) >= 11 is 0. The zero-order chi connectivity index (χ0) is 28.4. The van der Waals surface area contributed by atoms with Crippen molar-refractivity contribution >= 4 is 0 Å². The van der Waals surface area contributed by atoms with E-state index in [0.29, 0.717) is 0 Å². The van der Waals surface area contributed by atoms with Gasteiger partial charge in [-0.2, -0.15) is 0 Å². The number of hydrogen-bond donors (Lipinski definition) is 0. The molecule has 240 valence electrons. The molecule has 0 spiro atoms. The Bertz CT molecular complexity index is 649. The molecule has 0 radical (unpaired) electrons. The van der Waals surface area contributed by atoms with Crippen molar-refractivity contribution in [2.24, 2.45) is 59.2 Å². The van der Waals surface area contributed by atoms with Gasteiger partial charge in [0, 0.05) is 0 Å².